The molecule has 2 unspecified atom stereocenters. The van der Waals surface area contributed by atoms with E-state index in [1.54, 1.807) is 6.92 Å². The molecule has 1 aliphatic heterocycles. The second-order valence-corrected chi connectivity index (χ2v) is 6.58. The highest BCUT2D eigenvalue weighted by atomic mass is 16.1. The summed E-state index contributed by atoms with van der Waals surface area (Å²) in [6, 6.07) is 0.231. The van der Waals surface area contributed by atoms with Gasteiger partial charge in [-0.2, -0.15) is 0 Å². The highest BCUT2D eigenvalue weighted by Gasteiger charge is 2.25. The van der Waals surface area contributed by atoms with Crippen molar-refractivity contribution in [1.29, 1.82) is 0 Å². The van der Waals surface area contributed by atoms with Gasteiger partial charge in [0.1, 0.15) is 0 Å². The Morgan fingerprint density at radius 2 is 1.81 bits per heavy atom. The minimum Gasteiger partial charge on any atom is -0.309 e. The fraction of sp³-hybridized carbons (Fsp3) is 0.737. The van der Waals surface area contributed by atoms with Crippen molar-refractivity contribution in [3.05, 3.63) is 23.8 Å². The molecule has 0 saturated heterocycles. The lowest BCUT2D eigenvalue weighted by Gasteiger charge is -2.27. The van der Waals surface area contributed by atoms with E-state index in [0.717, 1.165) is 18.5 Å². The standard InChI is InChI=1S/C19H31NO/c1-16(21)18-14-10-6-7-11-15-20-19(18)17-12-8-4-2-3-5-9-13-17/h8,12,14,17,19-20H,2-7,9-11,13,15H2,1H3/b12-8+,18-14-. The molecule has 0 aromatic heterocycles. The van der Waals surface area contributed by atoms with Crippen LogP contribution in [-0.4, -0.2) is 18.4 Å². The van der Waals surface area contributed by atoms with Gasteiger partial charge in [0.15, 0.2) is 5.78 Å². The number of carbonyl (C=O) groups is 1. The Labute approximate surface area is 130 Å². The second kappa shape index (κ2) is 9.19. The van der Waals surface area contributed by atoms with Crippen molar-refractivity contribution in [3.8, 4) is 0 Å². The van der Waals surface area contributed by atoms with Crippen LogP contribution >= 0.6 is 0 Å². The van der Waals surface area contributed by atoms with Crippen molar-refractivity contribution >= 4 is 5.78 Å². The summed E-state index contributed by atoms with van der Waals surface area (Å²) in [7, 11) is 0. The van der Waals surface area contributed by atoms with Crippen molar-refractivity contribution in [1.82, 2.24) is 5.32 Å². The average molecular weight is 289 g/mol. The number of nitrogens with one attached hydrogen (secondary N) is 1. The van der Waals surface area contributed by atoms with Crippen LogP contribution in [0, 0.1) is 5.92 Å². The van der Waals surface area contributed by atoms with Crippen LogP contribution < -0.4 is 5.32 Å². The van der Waals surface area contributed by atoms with E-state index in [-0.39, 0.29) is 11.8 Å². The molecule has 1 N–H and O–H groups in total. The van der Waals surface area contributed by atoms with E-state index in [4.69, 9.17) is 0 Å². The summed E-state index contributed by atoms with van der Waals surface area (Å²) in [6.45, 7) is 2.77. The van der Waals surface area contributed by atoms with Gasteiger partial charge in [-0.05, 0) is 57.9 Å². The zero-order chi connectivity index (χ0) is 14.9. The Kier molecular flexibility index (Phi) is 7.21. The maximum Gasteiger partial charge on any atom is 0.157 e. The first-order chi connectivity index (χ1) is 10.3. The molecule has 0 aromatic rings. The van der Waals surface area contributed by atoms with Gasteiger partial charge in [-0.1, -0.05) is 43.9 Å². The SMILES string of the molecule is CC(=O)/C1=C/CCCCCNC1C1/C=C/CCCCCC1. The zero-order valence-corrected chi connectivity index (χ0v) is 13.6. The summed E-state index contributed by atoms with van der Waals surface area (Å²) >= 11 is 0. The fourth-order valence-electron chi connectivity index (χ4n) is 3.58. The van der Waals surface area contributed by atoms with Crippen molar-refractivity contribution in [2.45, 2.75) is 77.2 Å². The lowest BCUT2D eigenvalue weighted by Crippen LogP contribution is -2.39. The summed E-state index contributed by atoms with van der Waals surface area (Å²) in [4.78, 5) is 12.1. The number of hydrogen-bond acceptors (Lipinski definition) is 2. The zero-order valence-electron chi connectivity index (χ0n) is 13.6. The van der Waals surface area contributed by atoms with Crippen LogP contribution in [0.3, 0.4) is 0 Å². The Morgan fingerprint density at radius 3 is 2.67 bits per heavy atom. The Balaban J connectivity index is 2.17. The first kappa shape index (κ1) is 16.5. The van der Waals surface area contributed by atoms with Crippen LogP contribution in [0.4, 0.5) is 0 Å². The average Bonchev–Trinajstić information content (AvgIpc) is 2.68. The van der Waals surface area contributed by atoms with Crippen molar-refractivity contribution in [2.75, 3.05) is 6.54 Å². The third-order valence-electron chi connectivity index (χ3n) is 4.82. The van der Waals surface area contributed by atoms with Gasteiger partial charge in [-0.3, -0.25) is 4.79 Å². The van der Waals surface area contributed by atoms with Crippen molar-refractivity contribution < 1.29 is 4.79 Å². The van der Waals surface area contributed by atoms with Crippen LogP contribution in [0.2, 0.25) is 0 Å². The molecule has 0 spiro atoms. The van der Waals surface area contributed by atoms with Crippen LogP contribution in [0.15, 0.2) is 23.8 Å². The number of rotatable bonds is 2. The van der Waals surface area contributed by atoms with Gasteiger partial charge < -0.3 is 5.32 Å². The molecule has 21 heavy (non-hydrogen) atoms. The molecule has 2 heteroatoms. The normalized spacial score (nSPS) is 33.1. The monoisotopic (exact) mass is 289 g/mol. The minimum absolute atomic E-state index is 0.231. The molecule has 0 saturated carbocycles. The van der Waals surface area contributed by atoms with E-state index in [1.807, 2.05) is 0 Å². The van der Waals surface area contributed by atoms with Gasteiger partial charge in [0.05, 0.1) is 0 Å². The summed E-state index contributed by atoms with van der Waals surface area (Å²) in [5.41, 5.74) is 1.03. The van der Waals surface area contributed by atoms with Gasteiger partial charge in [-0.25, -0.2) is 0 Å². The van der Waals surface area contributed by atoms with Gasteiger partial charge in [0.2, 0.25) is 0 Å². The summed E-state index contributed by atoms with van der Waals surface area (Å²) in [5, 5.41) is 3.69. The predicted molar refractivity (Wildman–Crippen MR) is 89.4 cm³/mol. The lowest BCUT2D eigenvalue weighted by molar-refractivity contribution is -0.114. The lowest BCUT2D eigenvalue weighted by atomic mass is 9.86. The first-order valence-electron chi connectivity index (χ1n) is 8.90. The van der Waals surface area contributed by atoms with Gasteiger partial charge in [-0.15, -0.1) is 0 Å². The highest BCUT2D eigenvalue weighted by molar-refractivity contribution is 5.94. The molecule has 118 valence electrons. The predicted octanol–water partition coefficient (Wildman–Crippen LogP) is 4.56. The fourth-order valence-corrected chi connectivity index (χ4v) is 3.58. The third-order valence-corrected chi connectivity index (χ3v) is 4.82. The number of hydrogen-bond donors (Lipinski definition) is 1. The van der Waals surface area contributed by atoms with Crippen LogP contribution in [0.1, 0.15) is 71.1 Å². The number of Topliss-reactive ketones (excluding diaryl/α,β-unsaturated/α-hetero) is 1. The Bertz CT molecular complexity index is 383. The maximum atomic E-state index is 12.1. The molecule has 0 bridgehead atoms. The largest absolute Gasteiger partial charge is 0.309 e. The maximum absolute atomic E-state index is 12.1. The van der Waals surface area contributed by atoms with E-state index in [9.17, 15) is 4.79 Å². The molecule has 2 rings (SSSR count). The molecule has 1 heterocycles. The van der Waals surface area contributed by atoms with Gasteiger partial charge in [0, 0.05) is 11.6 Å². The Morgan fingerprint density at radius 1 is 1.05 bits per heavy atom. The first-order valence-corrected chi connectivity index (χ1v) is 8.90. The van der Waals surface area contributed by atoms with Crippen LogP contribution in [0.25, 0.3) is 0 Å². The highest BCUT2D eigenvalue weighted by Crippen LogP contribution is 2.25. The van der Waals surface area contributed by atoms with Crippen molar-refractivity contribution in [3.63, 3.8) is 0 Å². The molecule has 1 aliphatic carbocycles. The smallest absolute Gasteiger partial charge is 0.157 e. The van der Waals surface area contributed by atoms with E-state index in [0.29, 0.717) is 5.92 Å². The quantitative estimate of drug-likeness (QED) is 0.755. The molecule has 2 nitrogen and oxygen atoms in total. The summed E-state index contributed by atoms with van der Waals surface area (Å²) in [5.74, 6) is 0.735. The number of carbonyl (C=O) groups excluding carboxylic acids is 1. The molecule has 2 atom stereocenters. The van der Waals surface area contributed by atoms with E-state index < -0.39 is 0 Å². The van der Waals surface area contributed by atoms with Gasteiger partial charge in [0.25, 0.3) is 0 Å². The van der Waals surface area contributed by atoms with Gasteiger partial charge >= 0.3 is 0 Å². The van der Waals surface area contributed by atoms with Crippen molar-refractivity contribution in [2.24, 2.45) is 5.92 Å². The van der Waals surface area contributed by atoms with Crippen LogP contribution in [0.5, 0.6) is 0 Å². The molecule has 2 aliphatic rings. The molecule has 0 fully saturated rings. The molecule has 0 amide bonds. The summed E-state index contributed by atoms with van der Waals surface area (Å²) in [6.07, 6.45) is 19.4. The summed E-state index contributed by atoms with van der Waals surface area (Å²) < 4.78 is 0. The number of ketones is 1. The third kappa shape index (κ3) is 5.43. The van der Waals surface area contributed by atoms with E-state index >= 15 is 0 Å². The second-order valence-electron chi connectivity index (χ2n) is 6.58. The molecule has 0 aromatic carbocycles. The Hall–Kier alpha value is -0.890. The topological polar surface area (TPSA) is 29.1 Å². The molecular weight excluding hydrogens is 258 g/mol. The minimum atomic E-state index is 0.231. The van der Waals surface area contributed by atoms with Crippen LogP contribution in [-0.2, 0) is 4.79 Å². The molecular formula is C19H31NO. The van der Waals surface area contributed by atoms with E-state index in [2.05, 4.69) is 23.5 Å². The molecule has 0 radical (unpaired) electrons. The number of allylic oxidation sites excluding steroid dienone is 2. The van der Waals surface area contributed by atoms with E-state index in [1.165, 1.54) is 57.8 Å².